The second-order valence-corrected chi connectivity index (χ2v) is 8.19. The third kappa shape index (κ3) is 9.02. The Hall–Kier alpha value is -2.52. The van der Waals surface area contributed by atoms with Gasteiger partial charge in [-0.15, -0.1) is 0 Å². The van der Waals surface area contributed by atoms with Gasteiger partial charge in [-0.3, -0.25) is 0 Å². The van der Waals surface area contributed by atoms with Gasteiger partial charge in [0.1, 0.15) is 5.82 Å². The average Bonchev–Trinajstić information content (AvgIpc) is 2.78. The molecule has 0 bridgehead atoms. The van der Waals surface area contributed by atoms with Crippen molar-refractivity contribution in [2.75, 3.05) is 26.0 Å². The molecule has 3 N–H and O–H groups in total. The number of benzene rings is 1. The summed E-state index contributed by atoms with van der Waals surface area (Å²) in [5.74, 6) is 1.10. The van der Waals surface area contributed by atoms with Crippen molar-refractivity contribution in [2.24, 2.45) is 4.99 Å². The zero-order valence-electron chi connectivity index (χ0n) is 20.3. The van der Waals surface area contributed by atoms with Gasteiger partial charge in [-0.25, -0.2) is 15.0 Å². The van der Waals surface area contributed by atoms with Gasteiger partial charge in [0.15, 0.2) is 5.82 Å². The van der Waals surface area contributed by atoms with Gasteiger partial charge >= 0.3 is 6.18 Å². The number of aliphatic imine (C=N–C) groups is 1. The third-order valence-corrected chi connectivity index (χ3v) is 5.25. The number of ether oxygens (including phenoxy) is 1. The number of aryl methyl sites for hydroxylation is 1. The number of hydrogen-bond acceptors (Lipinski definition) is 6. The van der Waals surface area contributed by atoms with E-state index in [-0.39, 0.29) is 11.3 Å². The highest BCUT2D eigenvalue weighted by molar-refractivity contribution is 5.83. The van der Waals surface area contributed by atoms with Crippen LogP contribution in [0.3, 0.4) is 0 Å². The van der Waals surface area contributed by atoms with Gasteiger partial charge < -0.3 is 15.8 Å². The Kier molecular flexibility index (Phi) is 11.4. The first kappa shape index (κ1) is 27.7. The van der Waals surface area contributed by atoms with Gasteiger partial charge in [0, 0.05) is 36.4 Å². The minimum atomic E-state index is -4.48. The van der Waals surface area contributed by atoms with Crippen molar-refractivity contribution in [1.29, 1.82) is 0 Å². The molecule has 1 heterocycles. The largest absolute Gasteiger partial charge is 0.416 e. The molecule has 0 radical (unpaired) electrons. The Labute approximate surface area is 200 Å². The van der Waals surface area contributed by atoms with Crippen LogP contribution in [0.25, 0.3) is 0 Å². The van der Waals surface area contributed by atoms with Crippen LogP contribution in [0.5, 0.6) is 0 Å². The number of alkyl halides is 3. The minimum Gasteiger partial charge on any atom is -0.399 e. The fourth-order valence-electron chi connectivity index (χ4n) is 3.63. The van der Waals surface area contributed by atoms with E-state index >= 15 is 0 Å². The molecule has 0 saturated heterocycles. The Morgan fingerprint density at radius 2 is 1.82 bits per heavy atom. The van der Waals surface area contributed by atoms with Gasteiger partial charge in [-0.05, 0) is 62.9 Å². The number of aromatic nitrogens is 2. The lowest BCUT2D eigenvalue weighted by atomic mass is 10.0. The lowest BCUT2D eigenvalue weighted by Crippen LogP contribution is -2.12. The van der Waals surface area contributed by atoms with E-state index < -0.39 is 11.7 Å². The van der Waals surface area contributed by atoms with Gasteiger partial charge in [0.25, 0.3) is 0 Å². The number of unbranched alkanes of at least 4 members (excludes halogenated alkanes) is 3. The molecule has 188 valence electrons. The standard InChI is InChI=1S/C25H36F3N5O/c1-4-11-34-12-9-7-6-8-10-22-21(5-2)24(33-23(32-22)17-30-3)31-16-18-13-19(25(26,27)28)15-20(29)14-18/h13-16,30H,4-12,17,29H2,1-3H3. The van der Waals surface area contributed by atoms with Crippen LogP contribution < -0.4 is 11.1 Å². The fraction of sp³-hybridized carbons (Fsp3) is 0.560. The summed E-state index contributed by atoms with van der Waals surface area (Å²) in [7, 11) is 1.81. The molecule has 1 aromatic heterocycles. The number of rotatable bonds is 14. The summed E-state index contributed by atoms with van der Waals surface area (Å²) < 4.78 is 44.9. The molecule has 6 nitrogen and oxygen atoms in total. The van der Waals surface area contributed by atoms with Gasteiger partial charge in [-0.2, -0.15) is 13.2 Å². The van der Waals surface area contributed by atoms with Gasteiger partial charge in [-0.1, -0.05) is 26.7 Å². The van der Waals surface area contributed by atoms with E-state index in [4.69, 9.17) is 15.5 Å². The first-order valence-electron chi connectivity index (χ1n) is 11.9. The summed E-state index contributed by atoms with van der Waals surface area (Å²) in [6, 6.07) is 3.41. The van der Waals surface area contributed by atoms with Crippen molar-refractivity contribution in [3.05, 3.63) is 46.4 Å². The number of nitrogen functional groups attached to an aromatic ring is 1. The number of nitrogens with zero attached hydrogens (tertiary/aromatic N) is 3. The van der Waals surface area contributed by atoms with Crippen LogP contribution in [0.1, 0.15) is 74.2 Å². The first-order valence-corrected chi connectivity index (χ1v) is 11.9. The smallest absolute Gasteiger partial charge is 0.399 e. The Bertz CT molecular complexity index is 931. The molecule has 2 rings (SSSR count). The normalized spacial score (nSPS) is 12.1. The van der Waals surface area contributed by atoms with Crippen molar-refractivity contribution in [2.45, 2.75) is 71.5 Å². The number of nitrogens with two attached hydrogens (primary N) is 1. The third-order valence-electron chi connectivity index (χ3n) is 5.25. The van der Waals surface area contributed by atoms with Crippen LogP contribution >= 0.6 is 0 Å². The highest BCUT2D eigenvalue weighted by Crippen LogP contribution is 2.31. The quantitative estimate of drug-likeness (QED) is 0.208. The molecule has 9 heteroatoms. The van der Waals surface area contributed by atoms with E-state index in [9.17, 15) is 13.2 Å². The molecule has 0 aliphatic rings. The lowest BCUT2D eigenvalue weighted by Gasteiger charge is -2.12. The van der Waals surface area contributed by atoms with Crippen LogP contribution in [0.15, 0.2) is 23.2 Å². The number of anilines is 1. The van der Waals surface area contributed by atoms with Gasteiger partial charge in [0.05, 0.1) is 12.1 Å². The Morgan fingerprint density at radius 3 is 2.50 bits per heavy atom. The van der Waals surface area contributed by atoms with Crippen LogP contribution in [0, 0.1) is 0 Å². The Morgan fingerprint density at radius 1 is 1.06 bits per heavy atom. The molecule has 0 spiro atoms. The first-order chi connectivity index (χ1) is 16.3. The molecule has 2 aromatic rings. The van der Waals surface area contributed by atoms with Crippen LogP contribution in [-0.2, 0) is 30.3 Å². The molecular formula is C25H36F3N5O. The summed E-state index contributed by atoms with van der Waals surface area (Å²) in [4.78, 5) is 13.7. The molecule has 0 saturated carbocycles. The van der Waals surface area contributed by atoms with E-state index in [1.165, 1.54) is 12.3 Å². The lowest BCUT2D eigenvalue weighted by molar-refractivity contribution is -0.137. The highest BCUT2D eigenvalue weighted by atomic mass is 19.4. The summed E-state index contributed by atoms with van der Waals surface area (Å²) in [6.45, 7) is 6.19. The molecule has 0 atom stereocenters. The molecule has 1 aromatic carbocycles. The fourth-order valence-corrected chi connectivity index (χ4v) is 3.63. The van der Waals surface area contributed by atoms with E-state index in [0.29, 0.717) is 24.6 Å². The minimum absolute atomic E-state index is 0.0336. The van der Waals surface area contributed by atoms with E-state index in [0.717, 1.165) is 75.1 Å². The van der Waals surface area contributed by atoms with Crippen molar-refractivity contribution in [3.8, 4) is 0 Å². The molecular weight excluding hydrogens is 443 g/mol. The number of nitrogens with one attached hydrogen (secondary N) is 1. The van der Waals surface area contributed by atoms with Crippen molar-refractivity contribution in [1.82, 2.24) is 15.3 Å². The summed E-state index contributed by atoms with van der Waals surface area (Å²) in [6.07, 6.45) is 3.64. The average molecular weight is 480 g/mol. The Balaban J connectivity index is 2.19. The maximum absolute atomic E-state index is 13.1. The molecule has 0 amide bonds. The summed E-state index contributed by atoms with van der Waals surface area (Å²) in [5.41, 5.74) is 7.05. The number of hydrogen-bond donors (Lipinski definition) is 2. The molecule has 0 aliphatic carbocycles. The molecule has 0 fully saturated rings. The van der Waals surface area contributed by atoms with Crippen LogP contribution in [-0.4, -0.2) is 36.4 Å². The zero-order valence-corrected chi connectivity index (χ0v) is 20.3. The van der Waals surface area contributed by atoms with Crippen LogP contribution in [0.2, 0.25) is 0 Å². The van der Waals surface area contributed by atoms with Crippen LogP contribution in [0.4, 0.5) is 24.7 Å². The predicted octanol–water partition coefficient (Wildman–Crippen LogP) is 5.64. The topological polar surface area (TPSA) is 85.4 Å². The summed E-state index contributed by atoms with van der Waals surface area (Å²) in [5, 5.41) is 3.05. The maximum atomic E-state index is 13.1. The predicted molar refractivity (Wildman–Crippen MR) is 131 cm³/mol. The van der Waals surface area contributed by atoms with E-state index in [2.05, 4.69) is 22.2 Å². The number of halogens is 3. The zero-order chi connectivity index (χ0) is 25.0. The monoisotopic (exact) mass is 479 g/mol. The summed E-state index contributed by atoms with van der Waals surface area (Å²) >= 11 is 0. The van der Waals surface area contributed by atoms with Gasteiger partial charge in [0.2, 0.25) is 0 Å². The van der Waals surface area contributed by atoms with E-state index in [1.807, 2.05) is 14.0 Å². The van der Waals surface area contributed by atoms with Crippen molar-refractivity contribution >= 4 is 17.7 Å². The molecule has 34 heavy (non-hydrogen) atoms. The van der Waals surface area contributed by atoms with E-state index in [1.54, 1.807) is 0 Å². The molecule has 0 unspecified atom stereocenters. The second kappa shape index (κ2) is 14.0. The van der Waals surface area contributed by atoms with Crippen molar-refractivity contribution < 1.29 is 17.9 Å². The maximum Gasteiger partial charge on any atom is 0.416 e. The van der Waals surface area contributed by atoms with Crippen molar-refractivity contribution in [3.63, 3.8) is 0 Å². The second-order valence-electron chi connectivity index (χ2n) is 8.19. The SMILES string of the molecule is CCCOCCCCCCc1nc(CNC)nc(N=Cc2cc(N)cc(C(F)(F)F)c2)c1CC. The molecule has 0 aliphatic heterocycles. The highest BCUT2D eigenvalue weighted by Gasteiger charge is 2.30.